The van der Waals surface area contributed by atoms with E-state index in [1.54, 1.807) is 18.2 Å². The van der Waals surface area contributed by atoms with Gasteiger partial charge >= 0.3 is 0 Å². The molecule has 0 saturated heterocycles. The minimum Gasteiger partial charge on any atom is -0.360 e. The molecule has 0 spiro atoms. The molecule has 2 N–H and O–H groups in total. The van der Waals surface area contributed by atoms with Gasteiger partial charge in [0.1, 0.15) is 0 Å². The van der Waals surface area contributed by atoms with Gasteiger partial charge in [-0.2, -0.15) is 0 Å². The number of aromatic amines is 1. The van der Waals surface area contributed by atoms with Crippen LogP contribution in [-0.2, 0) is 4.79 Å². The van der Waals surface area contributed by atoms with Crippen LogP contribution in [0.3, 0.4) is 0 Å². The van der Waals surface area contributed by atoms with Gasteiger partial charge in [-0.05, 0) is 24.3 Å². The summed E-state index contributed by atoms with van der Waals surface area (Å²) in [6.07, 6.45) is 1.31. The molecule has 0 fully saturated rings. The zero-order valence-electron chi connectivity index (χ0n) is 11.8. The lowest BCUT2D eigenvalue weighted by molar-refractivity contribution is -0.112. The Hall–Kier alpha value is -2.80. The Bertz CT molecular complexity index is 985. The van der Waals surface area contributed by atoms with Gasteiger partial charge in [0.05, 0.1) is 11.3 Å². The van der Waals surface area contributed by atoms with Gasteiger partial charge in [0.15, 0.2) is 17.5 Å². The number of carbonyl (C=O) groups excluding carboxylic acids is 2. The molecule has 0 aliphatic carbocycles. The quantitative estimate of drug-likeness (QED) is 0.424. The molecule has 3 rings (SSSR count). The summed E-state index contributed by atoms with van der Waals surface area (Å²) in [6, 6.07) is 6.13. The van der Waals surface area contributed by atoms with Crippen molar-refractivity contribution in [2.24, 2.45) is 0 Å². The Morgan fingerprint density at radius 3 is 2.54 bits per heavy atom. The second kappa shape index (κ2) is 6.01. The van der Waals surface area contributed by atoms with Crippen LogP contribution in [0.25, 0.3) is 10.9 Å². The third kappa shape index (κ3) is 2.74. The summed E-state index contributed by atoms with van der Waals surface area (Å²) in [4.78, 5) is 27.0. The number of ketones is 1. The third-order valence-corrected chi connectivity index (χ3v) is 3.61. The van der Waals surface area contributed by atoms with Gasteiger partial charge in [-0.25, -0.2) is 13.2 Å². The summed E-state index contributed by atoms with van der Waals surface area (Å²) in [7, 11) is 0. The molecular weight excluding hydrogens is 345 g/mol. The van der Waals surface area contributed by atoms with E-state index in [0.29, 0.717) is 22.0 Å². The number of Topliss-reactive ketones (excluding diaryl/α,β-unsaturated/α-hetero) is 1. The topological polar surface area (TPSA) is 62.0 Å². The van der Waals surface area contributed by atoms with Crippen LogP contribution in [0.4, 0.5) is 18.9 Å². The lowest BCUT2D eigenvalue weighted by Crippen LogP contribution is -2.23. The molecule has 24 heavy (non-hydrogen) atoms. The predicted molar refractivity (Wildman–Crippen MR) is 82.6 cm³/mol. The van der Waals surface area contributed by atoms with Crippen LogP contribution in [0.5, 0.6) is 0 Å². The molecule has 0 atom stereocenters. The Kier molecular flexibility index (Phi) is 4.02. The van der Waals surface area contributed by atoms with E-state index >= 15 is 0 Å². The highest BCUT2D eigenvalue weighted by atomic mass is 35.5. The summed E-state index contributed by atoms with van der Waals surface area (Å²) in [5.74, 6) is -6.86. The fourth-order valence-electron chi connectivity index (χ4n) is 2.21. The van der Waals surface area contributed by atoms with Gasteiger partial charge in [-0.15, -0.1) is 0 Å². The number of hydrogen-bond donors (Lipinski definition) is 2. The maximum atomic E-state index is 13.6. The monoisotopic (exact) mass is 352 g/mol. The van der Waals surface area contributed by atoms with Crippen LogP contribution < -0.4 is 5.32 Å². The number of rotatable bonds is 3. The van der Waals surface area contributed by atoms with E-state index < -0.39 is 34.8 Å². The highest BCUT2D eigenvalue weighted by Gasteiger charge is 2.22. The average Bonchev–Trinajstić information content (AvgIpc) is 2.97. The molecule has 0 radical (unpaired) electrons. The zero-order valence-corrected chi connectivity index (χ0v) is 12.5. The maximum absolute atomic E-state index is 13.6. The number of H-pyrrole nitrogens is 1. The smallest absolute Gasteiger partial charge is 0.296 e. The Balaban J connectivity index is 1.90. The van der Waals surface area contributed by atoms with Gasteiger partial charge in [0.2, 0.25) is 0 Å². The number of hydrogen-bond acceptors (Lipinski definition) is 2. The van der Waals surface area contributed by atoms with Crippen molar-refractivity contribution in [1.82, 2.24) is 4.98 Å². The van der Waals surface area contributed by atoms with Crippen molar-refractivity contribution >= 4 is 39.9 Å². The molecule has 0 unspecified atom stereocenters. The van der Waals surface area contributed by atoms with Crippen LogP contribution in [0.1, 0.15) is 10.4 Å². The molecule has 1 amide bonds. The van der Waals surface area contributed by atoms with Crippen molar-refractivity contribution in [3.63, 3.8) is 0 Å². The number of aromatic nitrogens is 1. The minimum absolute atomic E-state index is 0.0437. The predicted octanol–water partition coefficient (Wildman–Crippen LogP) is 4.06. The number of nitrogens with one attached hydrogen (secondary N) is 2. The molecule has 1 aromatic heterocycles. The van der Waals surface area contributed by atoms with Gasteiger partial charge in [-0.1, -0.05) is 17.7 Å². The highest BCUT2D eigenvalue weighted by molar-refractivity contribution is 6.48. The van der Waals surface area contributed by atoms with Crippen molar-refractivity contribution in [3.8, 4) is 0 Å². The largest absolute Gasteiger partial charge is 0.360 e. The first-order valence-corrected chi connectivity index (χ1v) is 7.02. The zero-order chi connectivity index (χ0) is 17.4. The summed E-state index contributed by atoms with van der Waals surface area (Å²) < 4.78 is 39.6. The fraction of sp³-hybridized carbons (Fsp3) is 0. The third-order valence-electron chi connectivity index (χ3n) is 3.38. The molecule has 0 aliphatic heterocycles. The molecule has 1 heterocycles. The van der Waals surface area contributed by atoms with Crippen LogP contribution in [0.2, 0.25) is 5.02 Å². The average molecular weight is 353 g/mol. The lowest BCUT2D eigenvalue weighted by Gasteiger charge is -2.06. The first kappa shape index (κ1) is 16.1. The van der Waals surface area contributed by atoms with Crippen molar-refractivity contribution in [2.75, 3.05) is 5.32 Å². The number of anilines is 1. The van der Waals surface area contributed by atoms with Crippen molar-refractivity contribution < 1.29 is 22.8 Å². The molecule has 2 aromatic carbocycles. The van der Waals surface area contributed by atoms with E-state index in [0.717, 1.165) is 6.07 Å². The minimum atomic E-state index is -1.73. The standard InChI is InChI=1S/C16H8ClF3N2O2/c17-7-1-2-8-9(6-21-12(8)5-7)15(23)16(24)22-11-4-3-10(18)13(19)14(11)20/h1-6,21H,(H,22,24). The van der Waals surface area contributed by atoms with E-state index in [1.165, 1.54) is 6.20 Å². The van der Waals surface area contributed by atoms with E-state index in [4.69, 9.17) is 11.6 Å². The van der Waals surface area contributed by atoms with E-state index in [1.807, 2.05) is 5.32 Å². The van der Waals surface area contributed by atoms with Crippen molar-refractivity contribution in [2.45, 2.75) is 0 Å². The SMILES string of the molecule is O=C(Nc1ccc(F)c(F)c1F)C(=O)c1c[nH]c2cc(Cl)ccc12. The molecule has 4 nitrogen and oxygen atoms in total. The van der Waals surface area contributed by atoms with Gasteiger partial charge in [0, 0.05) is 22.1 Å². The number of carbonyl (C=O) groups is 2. The first-order valence-electron chi connectivity index (χ1n) is 6.64. The van der Waals surface area contributed by atoms with Gasteiger partial charge < -0.3 is 10.3 Å². The number of halogens is 4. The second-order valence-corrected chi connectivity index (χ2v) is 5.33. The van der Waals surface area contributed by atoms with Crippen LogP contribution in [0.15, 0.2) is 36.5 Å². The van der Waals surface area contributed by atoms with Gasteiger partial charge in [-0.3, -0.25) is 9.59 Å². The molecule has 8 heteroatoms. The summed E-state index contributed by atoms with van der Waals surface area (Å²) in [5.41, 5.74) is -0.0463. The molecular formula is C16H8ClF3N2O2. The summed E-state index contributed by atoms with van der Waals surface area (Å²) in [6.45, 7) is 0. The summed E-state index contributed by atoms with van der Waals surface area (Å²) in [5, 5.41) is 2.82. The number of fused-ring (bicyclic) bond motifs is 1. The van der Waals surface area contributed by atoms with E-state index in [9.17, 15) is 22.8 Å². The number of benzene rings is 2. The Morgan fingerprint density at radius 2 is 1.79 bits per heavy atom. The second-order valence-electron chi connectivity index (χ2n) is 4.90. The number of amides is 1. The maximum Gasteiger partial charge on any atom is 0.296 e. The Morgan fingerprint density at radius 1 is 1.04 bits per heavy atom. The lowest BCUT2D eigenvalue weighted by atomic mass is 10.1. The molecule has 0 saturated carbocycles. The first-order chi connectivity index (χ1) is 11.4. The molecule has 0 bridgehead atoms. The van der Waals surface area contributed by atoms with Crippen molar-refractivity contribution in [1.29, 1.82) is 0 Å². The Labute approximate surface area is 138 Å². The van der Waals surface area contributed by atoms with Crippen LogP contribution >= 0.6 is 11.6 Å². The van der Waals surface area contributed by atoms with Crippen molar-refractivity contribution in [3.05, 3.63) is 64.6 Å². The van der Waals surface area contributed by atoms with Crippen LogP contribution in [0, 0.1) is 17.5 Å². The summed E-state index contributed by atoms with van der Waals surface area (Å²) >= 11 is 5.83. The molecule has 0 aliphatic rings. The molecule has 3 aromatic rings. The van der Waals surface area contributed by atoms with Crippen LogP contribution in [-0.4, -0.2) is 16.7 Å². The van der Waals surface area contributed by atoms with E-state index in [-0.39, 0.29) is 5.56 Å². The highest BCUT2D eigenvalue weighted by Crippen LogP contribution is 2.24. The molecule has 122 valence electrons. The van der Waals surface area contributed by atoms with E-state index in [2.05, 4.69) is 4.98 Å². The normalized spacial score (nSPS) is 10.8. The van der Waals surface area contributed by atoms with Gasteiger partial charge in [0.25, 0.3) is 11.7 Å². The fourth-order valence-corrected chi connectivity index (χ4v) is 2.38.